The van der Waals surface area contributed by atoms with Gasteiger partial charge in [-0.15, -0.1) is 27.2 Å². The molecule has 132 valence electrons. The van der Waals surface area contributed by atoms with Gasteiger partial charge in [-0.05, 0) is 24.6 Å². The number of nitro groups is 1. The molecule has 26 heavy (non-hydrogen) atoms. The van der Waals surface area contributed by atoms with E-state index in [2.05, 4.69) is 15.3 Å². The lowest BCUT2D eigenvalue weighted by molar-refractivity contribution is -0.384. The van der Waals surface area contributed by atoms with Crippen molar-refractivity contribution in [2.75, 3.05) is 5.75 Å². The van der Waals surface area contributed by atoms with Gasteiger partial charge < -0.3 is 0 Å². The molecule has 9 heteroatoms. The summed E-state index contributed by atoms with van der Waals surface area (Å²) in [5.41, 5.74) is 3.87. The van der Waals surface area contributed by atoms with Gasteiger partial charge in [0.05, 0.1) is 10.6 Å². The first-order chi connectivity index (χ1) is 12.1. The first-order valence-corrected chi connectivity index (χ1v) is 8.58. The Hall–Kier alpha value is -2.52. The van der Waals surface area contributed by atoms with Gasteiger partial charge in [-0.2, -0.15) is 9.78 Å². The van der Waals surface area contributed by atoms with Crippen molar-refractivity contribution in [3.8, 4) is 11.4 Å². The Morgan fingerprint density at radius 1 is 1.04 bits per heavy atom. The summed E-state index contributed by atoms with van der Waals surface area (Å²) in [5, 5.41) is 24.7. The van der Waals surface area contributed by atoms with Crippen LogP contribution in [0.4, 0.5) is 5.69 Å². The number of rotatable bonds is 3. The van der Waals surface area contributed by atoms with Crippen LogP contribution in [0.3, 0.4) is 0 Å². The minimum atomic E-state index is -0.408. The van der Waals surface area contributed by atoms with E-state index in [1.807, 2.05) is 31.2 Å². The van der Waals surface area contributed by atoms with Gasteiger partial charge in [0.2, 0.25) is 5.16 Å². The van der Waals surface area contributed by atoms with Crippen molar-refractivity contribution >= 4 is 40.1 Å². The van der Waals surface area contributed by atoms with Crippen molar-refractivity contribution in [3.63, 3.8) is 0 Å². The van der Waals surface area contributed by atoms with E-state index < -0.39 is 4.92 Å². The van der Waals surface area contributed by atoms with Crippen molar-refractivity contribution in [3.05, 3.63) is 69.8 Å². The van der Waals surface area contributed by atoms with Gasteiger partial charge in [0.15, 0.2) is 5.82 Å². The largest absolute Gasteiger partial charge is 0.269 e. The van der Waals surface area contributed by atoms with E-state index in [4.69, 9.17) is 0 Å². The Morgan fingerprint density at radius 3 is 2.35 bits per heavy atom. The molecule has 1 aliphatic rings. The van der Waals surface area contributed by atoms with Crippen molar-refractivity contribution in [2.45, 2.75) is 12.1 Å². The zero-order valence-corrected chi connectivity index (χ0v) is 16.2. The number of aromatic nitrogens is 3. The summed E-state index contributed by atoms with van der Waals surface area (Å²) in [7, 11) is 0. The maximum Gasteiger partial charge on any atom is 0.269 e. The molecule has 0 radical (unpaired) electrons. The third-order valence-electron chi connectivity index (χ3n) is 3.89. The summed E-state index contributed by atoms with van der Waals surface area (Å²) in [4.78, 5) is 10.4. The number of nitrogens with zero attached hydrogens (tertiary/aromatic N) is 5. The molecule has 7 nitrogen and oxygen atoms in total. The van der Waals surface area contributed by atoms with Crippen LogP contribution in [-0.2, 0) is 0 Å². The Balaban J connectivity index is 0.00000196. The molecular weight excluding hydrogens is 418 g/mol. The molecule has 0 saturated heterocycles. The van der Waals surface area contributed by atoms with Crippen molar-refractivity contribution in [1.82, 2.24) is 14.9 Å². The normalized spacial score (nSPS) is 12.7. The predicted octanol–water partition coefficient (Wildman–Crippen LogP) is 4.10. The van der Waals surface area contributed by atoms with E-state index in [9.17, 15) is 10.1 Å². The second kappa shape index (κ2) is 7.38. The number of nitro benzene ring substituents is 1. The third kappa shape index (κ3) is 3.40. The molecule has 0 N–H and O–H groups in total. The first-order valence-electron chi connectivity index (χ1n) is 7.60. The summed E-state index contributed by atoms with van der Waals surface area (Å²) in [5.74, 6) is 1.32. The smallest absolute Gasteiger partial charge is 0.258 e. The number of aryl methyl sites for hydroxylation is 1. The molecule has 0 saturated carbocycles. The number of hydrogen-bond donors (Lipinski definition) is 0. The van der Waals surface area contributed by atoms with E-state index in [1.54, 1.807) is 28.6 Å². The quantitative estimate of drug-likeness (QED) is 0.460. The van der Waals surface area contributed by atoms with Gasteiger partial charge in [-0.1, -0.05) is 41.6 Å². The molecule has 0 spiro atoms. The molecule has 4 rings (SSSR count). The van der Waals surface area contributed by atoms with E-state index >= 15 is 0 Å². The predicted molar refractivity (Wildman–Crippen MR) is 106 cm³/mol. The minimum absolute atomic E-state index is 0. The summed E-state index contributed by atoms with van der Waals surface area (Å²) < 4.78 is 1.73. The molecule has 0 amide bonds. The van der Waals surface area contributed by atoms with Gasteiger partial charge in [-0.3, -0.25) is 10.1 Å². The maximum absolute atomic E-state index is 10.8. The molecule has 3 aromatic rings. The lowest BCUT2D eigenvalue weighted by Gasteiger charge is -2.14. The fourth-order valence-corrected chi connectivity index (χ4v) is 3.37. The second-order valence-corrected chi connectivity index (χ2v) is 6.57. The van der Waals surface area contributed by atoms with Crippen LogP contribution in [0, 0.1) is 17.0 Å². The van der Waals surface area contributed by atoms with Crippen LogP contribution in [0.2, 0.25) is 0 Å². The molecule has 2 heterocycles. The number of benzene rings is 2. The highest BCUT2D eigenvalue weighted by Gasteiger charge is 2.21. The standard InChI is InChI=1S/C17H13N5O2S.BrH/c1-11-2-4-13(5-3-11)16-18-19-17-21(16)20-15(10-25-17)12-6-8-14(9-7-12)22(23)24;/h2-9H,10H2,1H3;1H. The Bertz CT molecular complexity index is 983. The van der Waals surface area contributed by atoms with E-state index in [1.165, 1.54) is 17.7 Å². The zero-order chi connectivity index (χ0) is 17.4. The first kappa shape index (κ1) is 18.3. The third-order valence-corrected chi connectivity index (χ3v) is 4.82. The Kier molecular flexibility index (Phi) is 5.19. The molecule has 0 aliphatic carbocycles. The van der Waals surface area contributed by atoms with E-state index in [0.717, 1.165) is 22.0 Å². The topological polar surface area (TPSA) is 86.2 Å². The SMILES string of the molecule is Br.Cc1ccc(-c2nnc3n2N=C(c2ccc([N+](=O)[O-])cc2)CS3)cc1. The number of fused-ring (bicyclic) bond motifs is 1. The van der Waals surface area contributed by atoms with Crippen molar-refractivity contribution in [2.24, 2.45) is 5.10 Å². The Labute approximate surface area is 164 Å². The average Bonchev–Trinajstić information content (AvgIpc) is 3.05. The van der Waals surface area contributed by atoms with Gasteiger partial charge in [-0.25, -0.2) is 0 Å². The van der Waals surface area contributed by atoms with Crippen molar-refractivity contribution < 1.29 is 4.92 Å². The summed E-state index contributed by atoms with van der Waals surface area (Å²) in [6, 6.07) is 14.5. The number of thioether (sulfide) groups is 1. The van der Waals surface area contributed by atoms with Crippen LogP contribution < -0.4 is 0 Å². The van der Waals surface area contributed by atoms with Gasteiger partial charge in [0.1, 0.15) is 0 Å². The van der Waals surface area contributed by atoms with Gasteiger partial charge in [0.25, 0.3) is 5.69 Å². The molecule has 0 atom stereocenters. The lowest BCUT2D eigenvalue weighted by atomic mass is 10.1. The van der Waals surface area contributed by atoms with Crippen LogP contribution in [-0.4, -0.2) is 31.3 Å². The van der Waals surface area contributed by atoms with Crippen LogP contribution in [0.25, 0.3) is 11.4 Å². The van der Waals surface area contributed by atoms with Crippen molar-refractivity contribution in [1.29, 1.82) is 0 Å². The van der Waals surface area contributed by atoms with Crippen LogP contribution in [0.15, 0.2) is 58.8 Å². The molecule has 2 aromatic carbocycles. The van der Waals surface area contributed by atoms with Gasteiger partial charge in [0, 0.05) is 23.4 Å². The van der Waals surface area contributed by atoms with Crippen LogP contribution in [0.5, 0.6) is 0 Å². The monoisotopic (exact) mass is 431 g/mol. The Morgan fingerprint density at radius 2 is 1.69 bits per heavy atom. The molecule has 1 aliphatic heterocycles. The molecular formula is C17H14BrN5O2S. The number of hydrogen-bond acceptors (Lipinski definition) is 6. The summed E-state index contributed by atoms with van der Waals surface area (Å²) in [6.07, 6.45) is 0. The fraction of sp³-hybridized carbons (Fsp3) is 0.118. The number of halogens is 1. The van der Waals surface area contributed by atoms with E-state index in [0.29, 0.717) is 11.6 Å². The fourth-order valence-electron chi connectivity index (χ4n) is 2.53. The zero-order valence-electron chi connectivity index (χ0n) is 13.7. The minimum Gasteiger partial charge on any atom is -0.258 e. The summed E-state index contributed by atoms with van der Waals surface area (Å²) >= 11 is 1.55. The van der Waals surface area contributed by atoms with Crippen LogP contribution >= 0.6 is 28.7 Å². The highest BCUT2D eigenvalue weighted by atomic mass is 79.9. The highest BCUT2D eigenvalue weighted by molar-refractivity contribution is 8.93. The maximum atomic E-state index is 10.8. The number of non-ortho nitro benzene ring substituents is 1. The lowest BCUT2D eigenvalue weighted by Crippen LogP contribution is -2.13. The molecule has 0 fully saturated rings. The second-order valence-electron chi connectivity index (χ2n) is 5.62. The average molecular weight is 432 g/mol. The molecule has 1 aromatic heterocycles. The molecule has 0 bridgehead atoms. The van der Waals surface area contributed by atoms with Gasteiger partial charge >= 0.3 is 0 Å². The molecule has 0 unspecified atom stereocenters. The van der Waals surface area contributed by atoms with E-state index in [-0.39, 0.29) is 22.7 Å². The summed E-state index contributed by atoms with van der Waals surface area (Å²) in [6.45, 7) is 2.03. The van der Waals surface area contributed by atoms with Crippen LogP contribution in [0.1, 0.15) is 11.1 Å². The highest BCUT2D eigenvalue weighted by Crippen LogP contribution is 2.28.